The summed E-state index contributed by atoms with van der Waals surface area (Å²) in [4.78, 5) is 20.7. The van der Waals surface area contributed by atoms with E-state index in [2.05, 4.69) is 15.3 Å². The van der Waals surface area contributed by atoms with Gasteiger partial charge in [-0.05, 0) is 80.5 Å². The molecular formula is C23H25N4O2+. The van der Waals surface area contributed by atoms with Crippen LogP contribution in [0.5, 0.6) is 11.8 Å². The SMILES string of the molecule is O=C(NC12CC3CC(CC(C3)C1)C2)c1[nH]c(Oc2cccnc2)[n+]2ccccc12. The van der Waals surface area contributed by atoms with Gasteiger partial charge in [-0.15, -0.1) is 0 Å². The summed E-state index contributed by atoms with van der Waals surface area (Å²) in [5.41, 5.74) is 1.35. The first-order chi connectivity index (χ1) is 14.2. The van der Waals surface area contributed by atoms with Crippen LogP contribution in [0, 0.1) is 17.8 Å². The molecule has 3 heterocycles. The normalized spacial score (nSPS) is 29.9. The number of fused-ring (bicyclic) bond motifs is 1. The Morgan fingerprint density at radius 1 is 1.10 bits per heavy atom. The Bertz CT molecular complexity index is 1040. The average Bonchev–Trinajstić information content (AvgIpc) is 3.06. The Morgan fingerprint density at radius 2 is 1.86 bits per heavy atom. The van der Waals surface area contributed by atoms with Crippen molar-refractivity contribution in [2.75, 3.05) is 0 Å². The van der Waals surface area contributed by atoms with Gasteiger partial charge < -0.3 is 10.1 Å². The minimum absolute atomic E-state index is 0.0207. The van der Waals surface area contributed by atoms with Crippen molar-refractivity contribution >= 4 is 11.4 Å². The molecule has 4 aliphatic carbocycles. The number of carbonyl (C=O) groups excluding carboxylic acids is 1. The third-order valence-corrected chi connectivity index (χ3v) is 7.06. The van der Waals surface area contributed by atoms with Crippen LogP contribution in [0.2, 0.25) is 0 Å². The molecule has 0 radical (unpaired) electrons. The van der Waals surface area contributed by atoms with Crippen molar-refractivity contribution in [1.82, 2.24) is 15.3 Å². The molecule has 0 spiro atoms. The van der Waals surface area contributed by atoms with Crippen LogP contribution >= 0.6 is 0 Å². The molecule has 4 bridgehead atoms. The summed E-state index contributed by atoms with van der Waals surface area (Å²) in [6.07, 6.45) is 12.8. The van der Waals surface area contributed by atoms with Crippen molar-refractivity contribution in [3.8, 4) is 11.8 Å². The van der Waals surface area contributed by atoms with Crippen molar-refractivity contribution in [3.05, 3.63) is 54.6 Å². The Hall–Kier alpha value is -2.89. The van der Waals surface area contributed by atoms with Gasteiger partial charge in [0.05, 0.1) is 6.20 Å². The van der Waals surface area contributed by atoms with Crippen LogP contribution in [-0.4, -0.2) is 21.4 Å². The molecule has 0 saturated heterocycles. The topological polar surface area (TPSA) is 71.1 Å². The lowest BCUT2D eigenvalue weighted by molar-refractivity contribution is -0.519. The van der Waals surface area contributed by atoms with Crippen molar-refractivity contribution in [3.63, 3.8) is 0 Å². The second-order valence-electron chi connectivity index (χ2n) is 9.20. The Kier molecular flexibility index (Phi) is 3.70. The molecule has 0 aliphatic heterocycles. The number of hydrogen-bond donors (Lipinski definition) is 2. The zero-order valence-electron chi connectivity index (χ0n) is 16.3. The number of aromatic nitrogens is 3. The summed E-state index contributed by atoms with van der Waals surface area (Å²) in [6, 6.07) is 9.99. The molecule has 0 atom stereocenters. The van der Waals surface area contributed by atoms with Crippen LogP contribution in [0.3, 0.4) is 0 Å². The molecule has 4 fully saturated rings. The van der Waals surface area contributed by atoms with Crippen LogP contribution in [-0.2, 0) is 0 Å². The molecule has 29 heavy (non-hydrogen) atoms. The number of ether oxygens (including phenoxy) is 1. The molecule has 6 heteroatoms. The van der Waals surface area contributed by atoms with Gasteiger partial charge in [0.15, 0.2) is 11.3 Å². The van der Waals surface area contributed by atoms with Crippen LogP contribution in [0.4, 0.5) is 0 Å². The lowest BCUT2D eigenvalue weighted by Gasteiger charge is -2.56. The van der Waals surface area contributed by atoms with Crippen LogP contribution in [0.1, 0.15) is 49.0 Å². The maximum absolute atomic E-state index is 13.4. The highest BCUT2D eigenvalue weighted by atomic mass is 16.5. The highest BCUT2D eigenvalue weighted by molar-refractivity contribution is 5.98. The zero-order valence-corrected chi connectivity index (χ0v) is 16.3. The number of H-pyrrole nitrogens is 1. The third-order valence-electron chi connectivity index (χ3n) is 7.06. The smallest absolute Gasteiger partial charge is 0.390 e. The first kappa shape index (κ1) is 17.0. The first-order valence-corrected chi connectivity index (χ1v) is 10.6. The van der Waals surface area contributed by atoms with E-state index in [1.54, 1.807) is 12.4 Å². The van der Waals surface area contributed by atoms with Crippen LogP contribution < -0.4 is 14.5 Å². The fourth-order valence-corrected chi connectivity index (χ4v) is 6.39. The number of aromatic amines is 1. The van der Waals surface area contributed by atoms with E-state index in [-0.39, 0.29) is 11.4 Å². The van der Waals surface area contributed by atoms with E-state index < -0.39 is 0 Å². The van der Waals surface area contributed by atoms with Gasteiger partial charge in [-0.1, -0.05) is 6.07 Å². The average molecular weight is 389 g/mol. The number of hydrogen-bond acceptors (Lipinski definition) is 3. The number of amides is 1. The quantitative estimate of drug-likeness (QED) is 0.669. The maximum Gasteiger partial charge on any atom is 0.465 e. The number of nitrogens with one attached hydrogen (secondary N) is 2. The van der Waals surface area contributed by atoms with E-state index in [0.29, 0.717) is 17.5 Å². The van der Waals surface area contributed by atoms with Crippen LogP contribution in [0.15, 0.2) is 48.9 Å². The first-order valence-electron chi connectivity index (χ1n) is 10.6. The van der Waals surface area contributed by atoms with E-state index in [0.717, 1.165) is 42.5 Å². The summed E-state index contributed by atoms with van der Waals surface area (Å²) in [7, 11) is 0. The molecule has 7 rings (SSSR count). The van der Waals surface area contributed by atoms with Gasteiger partial charge in [0.1, 0.15) is 6.20 Å². The summed E-state index contributed by atoms with van der Waals surface area (Å²) in [6.45, 7) is 0. The number of pyridine rings is 2. The summed E-state index contributed by atoms with van der Waals surface area (Å²) >= 11 is 0. The minimum atomic E-state index is -0.0308. The molecule has 2 N–H and O–H groups in total. The molecule has 1 amide bonds. The highest BCUT2D eigenvalue weighted by Crippen LogP contribution is 2.55. The zero-order chi connectivity index (χ0) is 19.4. The van der Waals surface area contributed by atoms with Gasteiger partial charge in [-0.3, -0.25) is 9.78 Å². The van der Waals surface area contributed by atoms with Gasteiger partial charge >= 0.3 is 6.01 Å². The van der Waals surface area contributed by atoms with Gasteiger partial charge in [0, 0.05) is 11.7 Å². The van der Waals surface area contributed by atoms with E-state index in [1.165, 1.54) is 19.3 Å². The van der Waals surface area contributed by atoms with Gasteiger partial charge in [-0.25, -0.2) is 0 Å². The van der Waals surface area contributed by atoms with Gasteiger partial charge in [0.25, 0.3) is 5.91 Å². The fourth-order valence-electron chi connectivity index (χ4n) is 6.39. The van der Waals surface area contributed by atoms with Crippen molar-refractivity contribution in [2.45, 2.75) is 44.1 Å². The van der Waals surface area contributed by atoms with Crippen molar-refractivity contribution in [1.29, 1.82) is 0 Å². The standard InChI is InChI=1S/C23H24N4O2/c28-21(26-23-11-15-8-16(12-23)10-17(9-15)13-23)20-19-5-1-2-7-27(19)22(25-20)29-18-4-3-6-24-14-18/h1-7,14-17H,8-13H2,(H,26,28)/p+1. The number of carbonyl (C=O) groups is 1. The maximum atomic E-state index is 13.4. The fraction of sp³-hybridized carbons (Fsp3) is 0.435. The minimum Gasteiger partial charge on any atom is -0.390 e. The summed E-state index contributed by atoms with van der Waals surface area (Å²) < 4.78 is 7.86. The van der Waals surface area contributed by atoms with E-state index in [1.807, 2.05) is 40.9 Å². The van der Waals surface area contributed by atoms with Crippen molar-refractivity contribution < 1.29 is 13.9 Å². The molecule has 0 aromatic carbocycles. The van der Waals surface area contributed by atoms with Crippen LogP contribution in [0.25, 0.3) is 5.52 Å². The highest BCUT2D eigenvalue weighted by Gasteiger charge is 2.52. The van der Waals surface area contributed by atoms with E-state index in [9.17, 15) is 4.79 Å². The Morgan fingerprint density at radius 3 is 2.55 bits per heavy atom. The monoisotopic (exact) mass is 389 g/mol. The lowest BCUT2D eigenvalue weighted by atomic mass is 9.53. The number of rotatable bonds is 4. The molecule has 4 aliphatic rings. The van der Waals surface area contributed by atoms with Crippen molar-refractivity contribution in [2.24, 2.45) is 17.8 Å². The predicted molar refractivity (Wildman–Crippen MR) is 107 cm³/mol. The Balaban J connectivity index is 1.32. The summed E-state index contributed by atoms with van der Waals surface area (Å²) in [5.74, 6) is 2.97. The third kappa shape index (κ3) is 2.89. The number of imidazole rings is 1. The molecule has 4 saturated carbocycles. The van der Waals surface area contributed by atoms with E-state index in [4.69, 9.17) is 4.74 Å². The largest absolute Gasteiger partial charge is 0.465 e. The molecule has 0 unspecified atom stereocenters. The predicted octanol–water partition coefficient (Wildman–Crippen LogP) is 3.64. The summed E-state index contributed by atoms with van der Waals surface area (Å²) in [5, 5.41) is 3.46. The molecule has 3 aromatic heterocycles. The second kappa shape index (κ2) is 6.31. The lowest BCUT2D eigenvalue weighted by Crippen LogP contribution is -2.59. The molecule has 148 valence electrons. The number of nitrogens with zero attached hydrogens (tertiary/aromatic N) is 2. The van der Waals surface area contributed by atoms with Gasteiger partial charge in [0.2, 0.25) is 5.69 Å². The molecule has 3 aromatic rings. The molecule has 6 nitrogen and oxygen atoms in total. The van der Waals surface area contributed by atoms with E-state index >= 15 is 0 Å². The van der Waals surface area contributed by atoms with Gasteiger partial charge in [-0.2, -0.15) is 9.38 Å². The Labute approximate surface area is 169 Å². The second-order valence-corrected chi connectivity index (χ2v) is 9.20. The molecular weight excluding hydrogens is 364 g/mol.